The van der Waals surface area contributed by atoms with E-state index in [9.17, 15) is 13.2 Å². The third kappa shape index (κ3) is 4.37. The number of halogens is 3. The zero-order valence-electron chi connectivity index (χ0n) is 18.8. The maximum absolute atomic E-state index is 13.4. The predicted molar refractivity (Wildman–Crippen MR) is 122 cm³/mol. The van der Waals surface area contributed by atoms with Crippen molar-refractivity contribution in [3.63, 3.8) is 0 Å². The molecule has 0 spiro atoms. The molecule has 2 aromatic carbocycles. The summed E-state index contributed by atoms with van der Waals surface area (Å²) in [5.74, 6) is 0.575. The third-order valence-electron chi connectivity index (χ3n) is 6.32. The van der Waals surface area contributed by atoms with Gasteiger partial charge in [0.05, 0.1) is 17.3 Å². The van der Waals surface area contributed by atoms with Crippen molar-refractivity contribution in [1.29, 1.82) is 0 Å². The van der Waals surface area contributed by atoms with Crippen LogP contribution >= 0.6 is 0 Å². The number of fused-ring (bicyclic) bond motifs is 1. The molecule has 1 aliphatic rings. The lowest BCUT2D eigenvalue weighted by Crippen LogP contribution is -2.44. The van der Waals surface area contributed by atoms with Crippen LogP contribution in [0.3, 0.4) is 0 Å². The molecule has 1 N–H and O–H groups in total. The molecule has 1 saturated heterocycles. The first-order chi connectivity index (χ1) is 15.1. The maximum atomic E-state index is 13.4. The van der Waals surface area contributed by atoms with E-state index >= 15 is 0 Å². The normalized spacial score (nSPS) is 16.4. The van der Waals surface area contributed by atoms with Gasteiger partial charge in [-0.25, -0.2) is 0 Å². The number of nitrogens with one attached hydrogen (secondary N) is 1. The molecule has 170 valence electrons. The number of piperazine rings is 1. The van der Waals surface area contributed by atoms with E-state index in [4.69, 9.17) is 0 Å². The first-order valence-electron chi connectivity index (χ1n) is 10.8. The highest BCUT2D eigenvalue weighted by Crippen LogP contribution is 2.36. The first-order valence-corrected chi connectivity index (χ1v) is 10.8. The summed E-state index contributed by atoms with van der Waals surface area (Å²) >= 11 is 0. The molecule has 4 rings (SSSR count). The second-order valence-corrected chi connectivity index (χ2v) is 8.54. The third-order valence-corrected chi connectivity index (χ3v) is 6.32. The number of benzene rings is 2. The number of aryl methyl sites for hydroxylation is 1. The fourth-order valence-corrected chi connectivity index (χ4v) is 4.36. The number of aromatic nitrogens is 2. The average molecular weight is 444 g/mol. The summed E-state index contributed by atoms with van der Waals surface area (Å²) in [5.41, 5.74) is 2.14. The van der Waals surface area contributed by atoms with Crippen molar-refractivity contribution < 1.29 is 13.2 Å². The van der Waals surface area contributed by atoms with Gasteiger partial charge in [-0.2, -0.15) is 18.3 Å². The SMILES string of the molecule is Cc1c([C@@H](C)Nc2nnc(C)c3ccc(N4CCN(C)CC4)cc23)cccc1C(F)(F)F. The van der Waals surface area contributed by atoms with Crippen molar-refractivity contribution in [1.82, 2.24) is 15.1 Å². The largest absolute Gasteiger partial charge is 0.416 e. The Morgan fingerprint density at radius 3 is 2.38 bits per heavy atom. The van der Waals surface area contributed by atoms with Crippen LogP contribution in [0.25, 0.3) is 10.8 Å². The topological polar surface area (TPSA) is 44.3 Å². The molecule has 1 aliphatic heterocycles. The lowest BCUT2D eigenvalue weighted by molar-refractivity contribution is -0.138. The molecule has 3 aromatic rings. The van der Waals surface area contributed by atoms with E-state index in [0.29, 0.717) is 11.4 Å². The lowest BCUT2D eigenvalue weighted by Gasteiger charge is -2.34. The maximum Gasteiger partial charge on any atom is 0.416 e. The molecular formula is C24H28F3N5. The molecule has 0 bridgehead atoms. The van der Waals surface area contributed by atoms with E-state index in [2.05, 4.69) is 50.6 Å². The van der Waals surface area contributed by atoms with Gasteiger partial charge in [-0.15, -0.1) is 5.10 Å². The highest BCUT2D eigenvalue weighted by molar-refractivity contribution is 5.95. The fraction of sp³-hybridized carbons (Fsp3) is 0.417. The summed E-state index contributed by atoms with van der Waals surface area (Å²) < 4.78 is 40.1. The minimum absolute atomic E-state index is 0.225. The van der Waals surface area contributed by atoms with Crippen molar-refractivity contribution in [2.75, 3.05) is 43.4 Å². The van der Waals surface area contributed by atoms with Gasteiger partial charge in [-0.05, 0) is 57.1 Å². The molecule has 32 heavy (non-hydrogen) atoms. The monoisotopic (exact) mass is 443 g/mol. The van der Waals surface area contributed by atoms with Crippen molar-refractivity contribution in [3.05, 3.63) is 58.8 Å². The minimum Gasteiger partial charge on any atom is -0.369 e. The van der Waals surface area contributed by atoms with Gasteiger partial charge < -0.3 is 15.1 Å². The summed E-state index contributed by atoms with van der Waals surface area (Å²) in [6, 6.07) is 10.2. The van der Waals surface area contributed by atoms with Crippen molar-refractivity contribution in [2.24, 2.45) is 0 Å². The lowest BCUT2D eigenvalue weighted by atomic mass is 9.97. The van der Waals surface area contributed by atoms with Gasteiger partial charge in [0.15, 0.2) is 5.82 Å². The summed E-state index contributed by atoms with van der Waals surface area (Å²) in [4.78, 5) is 4.65. The van der Waals surface area contributed by atoms with Crippen molar-refractivity contribution in [3.8, 4) is 0 Å². The van der Waals surface area contributed by atoms with Crippen molar-refractivity contribution >= 4 is 22.3 Å². The van der Waals surface area contributed by atoms with E-state index in [1.165, 1.54) is 13.0 Å². The van der Waals surface area contributed by atoms with E-state index in [1.54, 1.807) is 6.07 Å². The molecule has 1 atom stereocenters. The second kappa shape index (κ2) is 8.58. The predicted octanol–water partition coefficient (Wildman–Crippen LogP) is 5.19. The Labute approximate surface area is 186 Å². The van der Waals surface area contributed by atoms with E-state index in [0.717, 1.165) is 54.4 Å². The van der Waals surface area contributed by atoms with Gasteiger partial charge >= 0.3 is 6.18 Å². The molecule has 1 fully saturated rings. The van der Waals surface area contributed by atoms with E-state index in [1.807, 2.05) is 13.8 Å². The highest BCUT2D eigenvalue weighted by atomic mass is 19.4. The molecular weight excluding hydrogens is 415 g/mol. The van der Waals surface area contributed by atoms with Crippen LogP contribution in [0.15, 0.2) is 36.4 Å². The zero-order chi connectivity index (χ0) is 23.0. The van der Waals surface area contributed by atoms with Crippen LogP contribution in [0.4, 0.5) is 24.7 Å². The summed E-state index contributed by atoms with van der Waals surface area (Å²) in [6.07, 6.45) is -4.38. The smallest absolute Gasteiger partial charge is 0.369 e. The van der Waals surface area contributed by atoms with Crippen LogP contribution in [0, 0.1) is 13.8 Å². The molecule has 2 heterocycles. The Bertz CT molecular complexity index is 1120. The van der Waals surface area contributed by atoms with Gasteiger partial charge in [-0.3, -0.25) is 0 Å². The Morgan fingerprint density at radius 1 is 0.969 bits per heavy atom. The highest BCUT2D eigenvalue weighted by Gasteiger charge is 2.33. The molecule has 0 aliphatic carbocycles. The van der Waals surface area contributed by atoms with Gasteiger partial charge in [0.1, 0.15) is 0 Å². The molecule has 0 saturated carbocycles. The molecule has 8 heteroatoms. The van der Waals surface area contributed by atoms with Crippen LogP contribution in [0.1, 0.15) is 35.3 Å². The van der Waals surface area contributed by atoms with Crippen LogP contribution in [-0.4, -0.2) is 48.3 Å². The Hall–Kier alpha value is -2.87. The van der Waals surface area contributed by atoms with Crippen LogP contribution in [-0.2, 0) is 6.18 Å². The molecule has 1 aromatic heterocycles. The van der Waals surface area contributed by atoms with Gasteiger partial charge in [-0.1, -0.05) is 18.2 Å². The number of nitrogens with zero attached hydrogens (tertiary/aromatic N) is 4. The number of rotatable bonds is 4. The Morgan fingerprint density at radius 2 is 1.69 bits per heavy atom. The molecule has 0 unspecified atom stereocenters. The molecule has 0 radical (unpaired) electrons. The Kier molecular flexibility index (Phi) is 5.99. The van der Waals surface area contributed by atoms with E-state index < -0.39 is 11.7 Å². The zero-order valence-corrected chi connectivity index (χ0v) is 18.8. The fourth-order valence-electron chi connectivity index (χ4n) is 4.36. The second-order valence-electron chi connectivity index (χ2n) is 8.54. The molecule has 5 nitrogen and oxygen atoms in total. The summed E-state index contributed by atoms with van der Waals surface area (Å²) in [7, 11) is 2.12. The first kappa shape index (κ1) is 22.3. The quantitative estimate of drug-likeness (QED) is 0.601. The van der Waals surface area contributed by atoms with E-state index in [-0.39, 0.29) is 11.6 Å². The number of alkyl halides is 3. The number of hydrogen-bond acceptors (Lipinski definition) is 5. The van der Waals surface area contributed by atoms with Gasteiger partial charge in [0.25, 0.3) is 0 Å². The van der Waals surface area contributed by atoms with Crippen LogP contribution in [0.5, 0.6) is 0 Å². The number of hydrogen-bond donors (Lipinski definition) is 1. The summed E-state index contributed by atoms with van der Waals surface area (Å²) in [6.45, 7) is 9.17. The van der Waals surface area contributed by atoms with Gasteiger partial charge in [0, 0.05) is 42.6 Å². The number of anilines is 2. The standard InChI is InChI=1S/C24H28F3N5/c1-15-19(6-5-7-22(15)24(25,26)27)16(2)28-23-21-14-18(32-12-10-31(4)11-13-32)8-9-20(21)17(3)29-30-23/h5-9,14,16H,10-13H2,1-4H3,(H,28,30)/t16-/m1/s1. The average Bonchev–Trinajstić information content (AvgIpc) is 2.75. The van der Waals surface area contributed by atoms with Gasteiger partial charge in [0.2, 0.25) is 0 Å². The Balaban J connectivity index is 1.69. The van der Waals surface area contributed by atoms with Crippen LogP contribution < -0.4 is 10.2 Å². The van der Waals surface area contributed by atoms with Crippen molar-refractivity contribution in [2.45, 2.75) is 33.0 Å². The number of likely N-dealkylation sites (N-methyl/N-ethyl adjacent to an activating group) is 1. The van der Waals surface area contributed by atoms with Crippen LogP contribution in [0.2, 0.25) is 0 Å². The molecule has 0 amide bonds. The summed E-state index contributed by atoms with van der Waals surface area (Å²) in [5, 5.41) is 13.9. The minimum atomic E-state index is -4.38.